The van der Waals surface area contributed by atoms with E-state index >= 15 is 0 Å². The third-order valence-electron chi connectivity index (χ3n) is 5.23. The quantitative estimate of drug-likeness (QED) is 0.695. The molecule has 0 N–H and O–H groups in total. The molecule has 1 fully saturated rings. The highest BCUT2D eigenvalue weighted by Gasteiger charge is 2.23. The van der Waals surface area contributed by atoms with Gasteiger partial charge in [0.1, 0.15) is 23.1 Å². The van der Waals surface area contributed by atoms with Crippen molar-refractivity contribution in [1.82, 2.24) is 14.5 Å². The van der Waals surface area contributed by atoms with Gasteiger partial charge < -0.3 is 13.7 Å². The van der Waals surface area contributed by atoms with E-state index in [4.69, 9.17) is 9.15 Å². The van der Waals surface area contributed by atoms with Gasteiger partial charge in [-0.15, -0.1) is 0 Å². The molecule has 0 amide bonds. The zero-order valence-corrected chi connectivity index (χ0v) is 15.4. The predicted molar refractivity (Wildman–Crippen MR) is 101 cm³/mol. The zero-order valence-electron chi connectivity index (χ0n) is 15.4. The summed E-state index contributed by atoms with van der Waals surface area (Å²) in [5.41, 5.74) is 1.07. The predicted octanol–water partition coefficient (Wildman–Crippen LogP) is 4.07. The summed E-state index contributed by atoms with van der Waals surface area (Å²) in [5, 5.41) is 0. The normalized spacial score (nSPS) is 16.1. The number of nitrogens with zero attached hydrogens (tertiary/aromatic N) is 3. The van der Waals surface area contributed by atoms with Crippen molar-refractivity contribution in [3.05, 3.63) is 60.4 Å². The molecule has 0 spiro atoms. The number of aromatic nitrogens is 2. The van der Waals surface area contributed by atoms with Crippen LogP contribution in [-0.2, 0) is 13.6 Å². The van der Waals surface area contributed by atoms with Gasteiger partial charge in [0.15, 0.2) is 0 Å². The summed E-state index contributed by atoms with van der Waals surface area (Å²) in [4.78, 5) is 6.98. The van der Waals surface area contributed by atoms with Crippen molar-refractivity contribution in [2.45, 2.75) is 25.3 Å². The summed E-state index contributed by atoms with van der Waals surface area (Å²) in [6.45, 7) is 3.02. The second-order valence-electron chi connectivity index (χ2n) is 6.94. The van der Waals surface area contributed by atoms with E-state index in [0.717, 1.165) is 55.3 Å². The fourth-order valence-electron chi connectivity index (χ4n) is 3.71. The van der Waals surface area contributed by atoms with Gasteiger partial charge in [0.2, 0.25) is 0 Å². The molecule has 1 aromatic carbocycles. The molecule has 3 heterocycles. The molecule has 4 rings (SSSR count). The van der Waals surface area contributed by atoms with Crippen molar-refractivity contribution < 1.29 is 9.15 Å². The van der Waals surface area contributed by atoms with Gasteiger partial charge in [-0.1, -0.05) is 0 Å². The SMILES string of the molecule is COc1ccc(-c2ccc(CN3CCC(c4nccn4C)CC3)o2)cc1. The van der Waals surface area contributed by atoms with Gasteiger partial charge in [-0.3, -0.25) is 4.90 Å². The fourth-order valence-corrected chi connectivity index (χ4v) is 3.71. The average molecular weight is 351 g/mol. The second kappa shape index (κ2) is 7.38. The average Bonchev–Trinajstić information content (AvgIpc) is 3.32. The highest BCUT2D eigenvalue weighted by molar-refractivity contribution is 5.58. The van der Waals surface area contributed by atoms with Crippen molar-refractivity contribution in [2.75, 3.05) is 20.2 Å². The summed E-state index contributed by atoms with van der Waals surface area (Å²) in [6.07, 6.45) is 6.23. The maximum atomic E-state index is 6.07. The first-order valence-corrected chi connectivity index (χ1v) is 9.15. The van der Waals surface area contributed by atoms with E-state index in [0.29, 0.717) is 5.92 Å². The number of rotatable bonds is 5. The lowest BCUT2D eigenvalue weighted by atomic mass is 9.96. The number of hydrogen-bond acceptors (Lipinski definition) is 4. The van der Waals surface area contributed by atoms with Gasteiger partial charge in [-0.05, 0) is 62.3 Å². The smallest absolute Gasteiger partial charge is 0.134 e. The number of likely N-dealkylation sites (tertiary alicyclic amines) is 1. The Kier molecular flexibility index (Phi) is 4.80. The Bertz CT molecular complexity index is 842. The molecule has 26 heavy (non-hydrogen) atoms. The van der Waals surface area contributed by atoms with E-state index in [2.05, 4.69) is 33.6 Å². The second-order valence-corrected chi connectivity index (χ2v) is 6.94. The van der Waals surface area contributed by atoms with Crippen LogP contribution in [0, 0.1) is 0 Å². The van der Waals surface area contributed by atoms with Crippen LogP contribution < -0.4 is 4.74 Å². The number of hydrogen-bond donors (Lipinski definition) is 0. The molecule has 0 unspecified atom stereocenters. The minimum atomic E-state index is 0.567. The lowest BCUT2D eigenvalue weighted by Crippen LogP contribution is -2.33. The monoisotopic (exact) mass is 351 g/mol. The molecule has 0 aliphatic carbocycles. The third kappa shape index (κ3) is 3.53. The first kappa shape index (κ1) is 16.9. The van der Waals surface area contributed by atoms with Gasteiger partial charge in [0.25, 0.3) is 0 Å². The van der Waals surface area contributed by atoms with Gasteiger partial charge >= 0.3 is 0 Å². The van der Waals surface area contributed by atoms with Crippen molar-refractivity contribution in [3.8, 4) is 17.1 Å². The van der Waals surface area contributed by atoms with Gasteiger partial charge in [-0.2, -0.15) is 0 Å². The first-order valence-electron chi connectivity index (χ1n) is 9.15. The number of furan rings is 1. The molecule has 0 radical (unpaired) electrons. The number of imidazole rings is 1. The standard InChI is InChI=1S/C21H25N3O2/c1-23-14-11-22-21(23)17-9-12-24(13-10-17)15-19-7-8-20(26-19)16-3-5-18(25-2)6-4-16/h3-8,11,14,17H,9-10,12-13,15H2,1-2H3. The fraction of sp³-hybridized carbons (Fsp3) is 0.381. The van der Waals surface area contributed by atoms with Crippen LogP contribution in [0.3, 0.4) is 0 Å². The summed E-state index contributed by atoms with van der Waals surface area (Å²) in [5.74, 6) is 4.56. The van der Waals surface area contributed by atoms with E-state index in [1.807, 2.05) is 36.7 Å². The highest BCUT2D eigenvalue weighted by Crippen LogP contribution is 2.29. The van der Waals surface area contributed by atoms with Crippen molar-refractivity contribution in [2.24, 2.45) is 7.05 Å². The zero-order chi connectivity index (χ0) is 17.9. The number of ether oxygens (including phenoxy) is 1. The lowest BCUT2D eigenvalue weighted by Gasteiger charge is -2.30. The molecular formula is C21H25N3O2. The van der Waals surface area contributed by atoms with E-state index in [-0.39, 0.29) is 0 Å². The molecule has 5 heteroatoms. The van der Waals surface area contributed by atoms with Crippen LogP contribution in [0.15, 0.2) is 53.2 Å². The van der Waals surface area contributed by atoms with Crippen LogP contribution >= 0.6 is 0 Å². The largest absolute Gasteiger partial charge is 0.497 e. The maximum Gasteiger partial charge on any atom is 0.134 e. The molecule has 0 saturated carbocycles. The van der Waals surface area contributed by atoms with Gasteiger partial charge in [-0.25, -0.2) is 4.98 Å². The summed E-state index contributed by atoms with van der Waals surface area (Å²) in [6, 6.07) is 12.1. The molecule has 1 aliphatic rings. The molecule has 1 saturated heterocycles. The number of methoxy groups -OCH3 is 1. The van der Waals surface area contributed by atoms with Gasteiger partial charge in [0.05, 0.1) is 13.7 Å². The number of aryl methyl sites for hydroxylation is 1. The van der Waals surface area contributed by atoms with Gasteiger partial charge in [0, 0.05) is 30.9 Å². The number of piperidine rings is 1. The van der Waals surface area contributed by atoms with Crippen LogP contribution in [0.2, 0.25) is 0 Å². The van der Waals surface area contributed by atoms with E-state index < -0.39 is 0 Å². The topological polar surface area (TPSA) is 43.4 Å². The minimum absolute atomic E-state index is 0.567. The first-order chi connectivity index (χ1) is 12.7. The lowest BCUT2D eigenvalue weighted by molar-refractivity contribution is 0.188. The van der Waals surface area contributed by atoms with Crippen molar-refractivity contribution >= 4 is 0 Å². The summed E-state index contributed by atoms with van der Waals surface area (Å²) < 4.78 is 13.4. The van der Waals surface area contributed by atoms with Crippen LogP contribution in [0.1, 0.15) is 30.3 Å². The summed E-state index contributed by atoms with van der Waals surface area (Å²) >= 11 is 0. The summed E-state index contributed by atoms with van der Waals surface area (Å²) in [7, 11) is 3.76. The van der Waals surface area contributed by atoms with Crippen molar-refractivity contribution in [3.63, 3.8) is 0 Å². The molecule has 2 aromatic heterocycles. The molecule has 136 valence electrons. The molecule has 0 bridgehead atoms. The minimum Gasteiger partial charge on any atom is -0.497 e. The Labute approximate surface area is 154 Å². The Morgan fingerprint density at radius 3 is 2.54 bits per heavy atom. The molecule has 5 nitrogen and oxygen atoms in total. The van der Waals surface area contributed by atoms with Crippen LogP contribution in [0.5, 0.6) is 5.75 Å². The van der Waals surface area contributed by atoms with E-state index in [1.165, 1.54) is 5.82 Å². The van der Waals surface area contributed by atoms with E-state index in [1.54, 1.807) is 7.11 Å². The Morgan fingerprint density at radius 2 is 1.88 bits per heavy atom. The third-order valence-corrected chi connectivity index (χ3v) is 5.23. The molecular weight excluding hydrogens is 326 g/mol. The van der Waals surface area contributed by atoms with Crippen molar-refractivity contribution in [1.29, 1.82) is 0 Å². The Morgan fingerprint density at radius 1 is 1.12 bits per heavy atom. The Hall–Kier alpha value is -2.53. The van der Waals surface area contributed by atoms with Crippen LogP contribution in [0.4, 0.5) is 0 Å². The number of benzene rings is 1. The highest BCUT2D eigenvalue weighted by atomic mass is 16.5. The molecule has 3 aromatic rings. The van der Waals surface area contributed by atoms with Crippen LogP contribution in [0.25, 0.3) is 11.3 Å². The van der Waals surface area contributed by atoms with Crippen LogP contribution in [-0.4, -0.2) is 34.7 Å². The van der Waals surface area contributed by atoms with E-state index in [9.17, 15) is 0 Å². The maximum absolute atomic E-state index is 6.07. The Balaban J connectivity index is 1.35. The molecule has 0 atom stereocenters. The molecule has 1 aliphatic heterocycles.